The minimum Gasteiger partial charge on any atom is -0.508 e. The Balaban J connectivity index is 0.00000420. The monoisotopic (exact) mass is 518 g/mol. The van der Waals surface area contributed by atoms with E-state index in [1.54, 1.807) is 12.1 Å². The van der Waals surface area contributed by atoms with Gasteiger partial charge in [-0.05, 0) is 50.5 Å². The third kappa shape index (κ3) is 10.7. The number of phenolic OH excluding ortho intramolecular Hbond substituents is 1. The Morgan fingerprint density at radius 3 is 2.48 bits per heavy atom. The number of carbonyl (C=O) groups is 1. The van der Waals surface area contributed by atoms with Gasteiger partial charge in [0.1, 0.15) is 5.75 Å². The normalized spacial score (nSPS) is 14.7. The fourth-order valence-electron chi connectivity index (χ4n) is 3.15. The largest absolute Gasteiger partial charge is 0.508 e. The molecular weight excluding hydrogens is 483 g/mol. The number of benzene rings is 1. The van der Waals surface area contributed by atoms with Crippen LogP contribution in [0, 0.1) is 0 Å². The van der Waals surface area contributed by atoms with Crippen molar-refractivity contribution < 1.29 is 14.6 Å². The molecule has 1 aromatic rings. The zero-order valence-electron chi connectivity index (χ0n) is 17.3. The molecule has 1 aliphatic rings. The number of ether oxygens (including phenoxy) is 1. The first-order valence-corrected chi connectivity index (χ1v) is 10.4. The number of phenols is 1. The van der Waals surface area contributed by atoms with Crippen LogP contribution < -0.4 is 16.0 Å². The molecule has 0 aromatic heterocycles. The predicted molar refractivity (Wildman–Crippen MR) is 127 cm³/mol. The molecule has 1 aromatic carbocycles. The first kappa shape index (κ1) is 25.5. The Morgan fingerprint density at radius 2 is 1.79 bits per heavy atom. The molecule has 0 atom stereocenters. The van der Waals surface area contributed by atoms with Gasteiger partial charge in [-0.3, -0.25) is 9.79 Å². The van der Waals surface area contributed by atoms with E-state index in [-0.39, 0.29) is 35.6 Å². The van der Waals surface area contributed by atoms with Crippen molar-refractivity contribution in [3.63, 3.8) is 0 Å². The lowest BCUT2D eigenvalue weighted by molar-refractivity contribution is 0.0281. The maximum atomic E-state index is 12.0. The molecule has 8 heteroatoms. The summed E-state index contributed by atoms with van der Waals surface area (Å²) >= 11 is 0. The summed E-state index contributed by atoms with van der Waals surface area (Å²) < 4.78 is 5.93. The number of aromatic hydroxyl groups is 1. The molecule has 0 spiro atoms. The summed E-state index contributed by atoms with van der Waals surface area (Å²) in [5.74, 6) is 0.733. The van der Waals surface area contributed by atoms with Crippen molar-refractivity contribution >= 4 is 35.8 Å². The zero-order valence-corrected chi connectivity index (χ0v) is 19.6. The fraction of sp³-hybridized carbons (Fsp3) is 0.619. The molecule has 29 heavy (non-hydrogen) atoms. The van der Waals surface area contributed by atoms with Gasteiger partial charge in [0, 0.05) is 38.3 Å². The van der Waals surface area contributed by atoms with Crippen LogP contribution >= 0.6 is 24.0 Å². The molecule has 0 unspecified atom stereocenters. The number of hydrogen-bond donors (Lipinski definition) is 4. The van der Waals surface area contributed by atoms with Gasteiger partial charge < -0.3 is 25.8 Å². The number of amides is 1. The van der Waals surface area contributed by atoms with E-state index in [9.17, 15) is 9.90 Å². The number of aliphatic imine (C=N–C) groups is 1. The average molecular weight is 518 g/mol. The molecule has 7 nitrogen and oxygen atoms in total. The van der Waals surface area contributed by atoms with Crippen molar-refractivity contribution in [3.05, 3.63) is 29.8 Å². The Labute approximate surface area is 191 Å². The Kier molecular flexibility index (Phi) is 13.5. The van der Waals surface area contributed by atoms with Crippen molar-refractivity contribution in [1.82, 2.24) is 16.0 Å². The number of nitrogens with one attached hydrogen (secondary N) is 3. The van der Waals surface area contributed by atoms with E-state index in [2.05, 4.69) is 20.9 Å². The lowest BCUT2D eigenvalue weighted by Crippen LogP contribution is -2.41. The van der Waals surface area contributed by atoms with E-state index in [0.717, 1.165) is 25.5 Å². The maximum Gasteiger partial charge on any atom is 0.251 e. The first-order chi connectivity index (χ1) is 13.7. The zero-order chi connectivity index (χ0) is 20.0. The Bertz CT molecular complexity index is 604. The molecule has 164 valence electrons. The van der Waals surface area contributed by atoms with Crippen molar-refractivity contribution in [2.45, 2.75) is 51.6 Å². The summed E-state index contributed by atoms with van der Waals surface area (Å²) in [4.78, 5) is 16.6. The third-order valence-corrected chi connectivity index (χ3v) is 4.65. The van der Waals surface area contributed by atoms with E-state index in [1.165, 1.54) is 44.2 Å². The highest BCUT2D eigenvalue weighted by Gasteiger charge is 2.12. The van der Waals surface area contributed by atoms with Crippen LogP contribution in [0.15, 0.2) is 29.3 Å². The first-order valence-electron chi connectivity index (χ1n) is 10.4. The summed E-state index contributed by atoms with van der Waals surface area (Å²) in [6, 6.07) is 6.19. The van der Waals surface area contributed by atoms with Crippen molar-refractivity contribution in [1.29, 1.82) is 0 Å². The van der Waals surface area contributed by atoms with Gasteiger partial charge in [-0.1, -0.05) is 19.3 Å². The van der Waals surface area contributed by atoms with E-state index >= 15 is 0 Å². The van der Waals surface area contributed by atoms with Gasteiger partial charge in [-0.15, -0.1) is 24.0 Å². The summed E-state index contributed by atoms with van der Waals surface area (Å²) in [6.07, 6.45) is 7.68. The summed E-state index contributed by atoms with van der Waals surface area (Å²) in [7, 11) is 0. The van der Waals surface area contributed by atoms with E-state index in [0.29, 0.717) is 31.3 Å². The van der Waals surface area contributed by atoms with Gasteiger partial charge in [0.05, 0.1) is 6.10 Å². The van der Waals surface area contributed by atoms with Crippen LogP contribution in [0.2, 0.25) is 0 Å². The molecule has 4 N–H and O–H groups in total. The third-order valence-electron chi connectivity index (χ3n) is 4.65. The van der Waals surface area contributed by atoms with Crippen LogP contribution in [-0.4, -0.2) is 55.9 Å². The molecule has 0 aliphatic heterocycles. The van der Waals surface area contributed by atoms with Gasteiger partial charge in [0.15, 0.2) is 5.96 Å². The maximum absolute atomic E-state index is 12.0. The second-order valence-corrected chi connectivity index (χ2v) is 6.97. The smallest absolute Gasteiger partial charge is 0.251 e. The predicted octanol–water partition coefficient (Wildman–Crippen LogP) is 3.03. The highest BCUT2D eigenvalue weighted by Crippen LogP contribution is 2.20. The van der Waals surface area contributed by atoms with Crippen molar-refractivity contribution in [2.24, 2.45) is 4.99 Å². The standard InChI is InChI=1S/C21H34N4O3.HI/c1-2-22-21(24-13-6-16-28-19-7-4-3-5-8-19)25-15-14-23-20(27)17-9-11-18(26)12-10-17;/h9-12,19,26H,2-8,13-16H2,1H3,(H,23,27)(H2,22,24,25);1H. The van der Waals surface area contributed by atoms with Crippen molar-refractivity contribution in [2.75, 3.05) is 32.8 Å². The number of hydrogen-bond acceptors (Lipinski definition) is 4. The molecular formula is C21H35IN4O3. The van der Waals surface area contributed by atoms with Gasteiger partial charge in [0.25, 0.3) is 5.91 Å². The Morgan fingerprint density at radius 1 is 1.10 bits per heavy atom. The van der Waals surface area contributed by atoms with Gasteiger partial charge in [-0.25, -0.2) is 0 Å². The fourth-order valence-corrected chi connectivity index (χ4v) is 3.15. The van der Waals surface area contributed by atoms with Crippen LogP contribution in [0.4, 0.5) is 0 Å². The molecule has 0 bridgehead atoms. The number of halogens is 1. The second-order valence-electron chi connectivity index (χ2n) is 6.97. The minimum atomic E-state index is -0.163. The minimum absolute atomic E-state index is 0. The lowest BCUT2D eigenvalue weighted by atomic mass is 9.98. The highest BCUT2D eigenvalue weighted by atomic mass is 127. The highest BCUT2D eigenvalue weighted by molar-refractivity contribution is 14.0. The van der Waals surface area contributed by atoms with Crippen molar-refractivity contribution in [3.8, 4) is 5.75 Å². The number of nitrogens with zero attached hydrogens (tertiary/aromatic N) is 1. The number of carbonyl (C=O) groups excluding carboxylic acids is 1. The summed E-state index contributed by atoms with van der Waals surface area (Å²) in [5, 5.41) is 18.5. The molecule has 0 heterocycles. The van der Waals surface area contributed by atoms with Crippen LogP contribution in [0.25, 0.3) is 0 Å². The average Bonchev–Trinajstić information content (AvgIpc) is 2.72. The number of guanidine groups is 1. The molecule has 0 saturated heterocycles. The van der Waals surface area contributed by atoms with E-state index < -0.39 is 0 Å². The van der Waals surface area contributed by atoms with Crippen LogP contribution in [0.3, 0.4) is 0 Å². The molecule has 2 rings (SSSR count). The van der Waals surface area contributed by atoms with Crippen LogP contribution in [0.1, 0.15) is 55.8 Å². The lowest BCUT2D eigenvalue weighted by Gasteiger charge is -2.21. The Hall–Kier alpha value is -1.55. The molecule has 1 aliphatic carbocycles. The van der Waals surface area contributed by atoms with Crippen LogP contribution in [0.5, 0.6) is 5.75 Å². The van der Waals surface area contributed by atoms with Gasteiger partial charge in [-0.2, -0.15) is 0 Å². The van der Waals surface area contributed by atoms with Gasteiger partial charge >= 0.3 is 0 Å². The molecule has 1 fully saturated rings. The van der Waals surface area contributed by atoms with Crippen LogP contribution in [-0.2, 0) is 4.74 Å². The quantitative estimate of drug-likeness (QED) is 0.165. The van der Waals surface area contributed by atoms with Gasteiger partial charge in [0.2, 0.25) is 0 Å². The summed E-state index contributed by atoms with van der Waals surface area (Å²) in [6.45, 7) is 5.33. The topological polar surface area (TPSA) is 95.0 Å². The summed E-state index contributed by atoms with van der Waals surface area (Å²) in [5.41, 5.74) is 0.524. The van der Waals surface area contributed by atoms with E-state index in [4.69, 9.17) is 4.74 Å². The molecule has 1 saturated carbocycles. The number of rotatable bonds is 10. The SMILES string of the molecule is CCNC(=NCCCOC1CCCCC1)NCCNC(=O)c1ccc(O)cc1.I. The molecule has 0 radical (unpaired) electrons. The van der Waals surface area contributed by atoms with E-state index in [1.807, 2.05) is 6.92 Å². The second kappa shape index (κ2) is 15.3. The molecule has 1 amide bonds.